The molecule has 5 nitrogen and oxygen atoms in total. The first-order valence-electron chi connectivity index (χ1n) is 4.05. The van der Waals surface area contributed by atoms with Crippen LogP contribution in [0.1, 0.15) is 11.8 Å². The molecule has 0 saturated carbocycles. The Morgan fingerprint density at radius 2 is 2.36 bits per heavy atom. The van der Waals surface area contributed by atoms with E-state index >= 15 is 0 Å². The number of aliphatic hydroxyl groups excluding tert-OH is 1. The van der Waals surface area contributed by atoms with Crippen LogP contribution in [0.3, 0.4) is 0 Å². The molecule has 0 radical (unpaired) electrons. The Balaban J connectivity index is 2.44. The third-order valence-corrected chi connectivity index (χ3v) is 1.97. The van der Waals surface area contributed by atoms with Crippen LogP contribution in [-0.4, -0.2) is 18.3 Å². The molecule has 1 unspecified atom stereocenters. The Bertz CT molecular complexity index is 377. The Kier molecular flexibility index (Phi) is 2.01. The predicted molar refractivity (Wildman–Crippen MR) is 47.1 cm³/mol. The minimum absolute atomic E-state index is 0.349. The summed E-state index contributed by atoms with van der Waals surface area (Å²) in [4.78, 5) is 10.9. The SMILES string of the molecule is COc1ccc2c(c1)C(O)NC(=O)O2. The highest BCUT2D eigenvalue weighted by atomic mass is 16.6. The molecule has 14 heavy (non-hydrogen) atoms. The number of amides is 1. The molecule has 1 atom stereocenters. The first kappa shape index (κ1) is 8.83. The van der Waals surface area contributed by atoms with Gasteiger partial charge in [0.1, 0.15) is 11.5 Å². The van der Waals surface area contributed by atoms with Crippen LogP contribution in [0.15, 0.2) is 18.2 Å². The molecular formula is C9H9NO4. The number of fused-ring (bicyclic) bond motifs is 1. The van der Waals surface area contributed by atoms with E-state index in [9.17, 15) is 9.90 Å². The first-order valence-corrected chi connectivity index (χ1v) is 4.05. The fourth-order valence-corrected chi connectivity index (χ4v) is 1.28. The van der Waals surface area contributed by atoms with Gasteiger partial charge in [0.25, 0.3) is 0 Å². The lowest BCUT2D eigenvalue weighted by molar-refractivity contribution is 0.108. The highest BCUT2D eigenvalue weighted by Gasteiger charge is 2.24. The topological polar surface area (TPSA) is 67.8 Å². The number of aliphatic hydroxyl groups is 1. The summed E-state index contributed by atoms with van der Waals surface area (Å²) in [6.45, 7) is 0. The van der Waals surface area contributed by atoms with Gasteiger partial charge in [0.2, 0.25) is 0 Å². The largest absolute Gasteiger partial charge is 0.497 e. The van der Waals surface area contributed by atoms with E-state index in [1.807, 2.05) is 0 Å². The van der Waals surface area contributed by atoms with Gasteiger partial charge in [-0.2, -0.15) is 0 Å². The molecule has 1 amide bonds. The van der Waals surface area contributed by atoms with Crippen molar-refractivity contribution in [1.82, 2.24) is 5.32 Å². The summed E-state index contributed by atoms with van der Waals surface area (Å²) in [5.74, 6) is 0.949. The molecule has 1 aromatic carbocycles. The zero-order valence-electron chi connectivity index (χ0n) is 7.48. The van der Waals surface area contributed by atoms with Crippen molar-refractivity contribution in [2.75, 3.05) is 7.11 Å². The minimum Gasteiger partial charge on any atom is -0.497 e. The van der Waals surface area contributed by atoms with Crippen molar-refractivity contribution in [2.45, 2.75) is 6.23 Å². The van der Waals surface area contributed by atoms with E-state index in [2.05, 4.69) is 5.32 Å². The highest BCUT2D eigenvalue weighted by molar-refractivity contribution is 5.73. The van der Waals surface area contributed by atoms with Crippen LogP contribution in [0.5, 0.6) is 11.5 Å². The van der Waals surface area contributed by atoms with Crippen LogP contribution < -0.4 is 14.8 Å². The molecule has 2 N–H and O–H groups in total. The molecule has 74 valence electrons. The second-order valence-electron chi connectivity index (χ2n) is 2.84. The lowest BCUT2D eigenvalue weighted by atomic mass is 10.1. The van der Waals surface area contributed by atoms with Crippen molar-refractivity contribution in [2.24, 2.45) is 0 Å². The molecule has 0 spiro atoms. The number of benzene rings is 1. The van der Waals surface area contributed by atoms with Crippen molar-refractivity contribution in [1.29, 1.82) is 0 Å². The van der Waals surface area contributed by atoms with Gasteiger partial charge in [0.05, 0.1) is 7.11 Å². The summed E-state index contributed by atoms with van der Waals surface area (Å²) in [5, 5.41) is 11.7. The number of ether oxygens (including phenoxy) is 2. The zero-order chi connectivity index (χ0) is 10.1. The average Bonchev–Trinajstić information content (AvgIpc) is 2.17. The molecule has 0 fully saturated rings. The molecule has 0 aliphatic carbocycles. The highest BCUT2D eigenvalue weighted by Crippen LogP contribution is 2.30. The molecule has 0 bridgehead atoms. The minimum atomic E-state index is -1.04. The van der Waals surface area contributed by atoms with Crippen molar-refractivity contribution in [3.8, 4) is 11.5 Å². The van der Waals surface area contributed by atoms with E-state index < -0.39 is 12.3 Å². The van der Waals surface area contributed by atoms with E-state index in [-0.39, 0.29) is 0 Å². The van der Waals surface area contributed by atoms with Gasteiger partial charge in [0.15, 0.2) is 6.23 Å². The van der Waals surface area contributed by atoms with Gasteiger partial charge >= 0.3 is 6.09 Å². The Morgan fingerprint density at radius 3 is 3.07 bits per heavy atom. The lowest BCUT2D eigenvalue weighted by Crippen LogP contribution is -2.35. The van der Waals surface area contributed by atoms with Crippen LogP contribution in [0.2, 0.25) is 0 Å². The van der Waals surface area contributed by atoms with Gasteiger partial charge in [-0.05, 0) is 18.2 Å². The lowest BCUT2D eigenvalue weighted by Gasteiger charge is -2.22. The summed E-state index contributed by atoms with van der Waals surface area (Å²) < 4.78 is 9.81. The second kappa shape index (κ2) is 3.19. The molecule has 1 aliphatic rings. The Labute approximate surface area is 80.3 Å². The van der Waals surface area contributed by atoms with E-state index in [1.54, 1.807) is 18.2 Å². The number of hydrogen-bond acceptors (Lipinski definition) is 4. The second-order valence-corrected chi connectivity index (χ2v) is 2.84. The smallest absolute Gasteiger partial charge is 0.414 e. The molecule has 1 aromatic rings. The normalized spacial score (nSPS) is 19.3. The Hall–Kier alpha value is -1.75. The third-order valence-electron chi connectivity index (χ3n) is 1.97. The summed E-state index contributed by atoms with van der Waals surface area (Å²) in [5.41, 5.74) is 0.490. The average molecular weight is 195 g/mol. The maximum absolute atomic E-state index is 10.9. The zero-order valence-corrected chi connectivity index (χ0v) is 7.48. The van der Waals surface area contributed by atoms with Crippen LogP contribution in [0.25, 0.3) is 0 Å². The van der Waals surface area contributed by atoms with Gasteiger partial charge < -0.3 is 14.6 Å². The van der Waals surface area contributed by atoms with Gasteiger partial charge in [-0.15, -0.1) is 0 Å². The van der Waals surface area contributed by atoms with E-state index in [1.165, 1.54) is 7.11 Å². The van der Waals surface area contributed by atoms with Gasteiger partial charge in [-0.25, -0.2) is 4.79 Å². The van der Waals surface area contributed by atoms with E-state index in [0.717, 1.165) is 0 Å². The summed E-state index contributed by atoms with van der Waals surface area (Å²) in [6, 6.07) is 4.85. The molecule has 0 aromatic heterocycles. The maximum Gasteiger partial charge on any atom is 0.414 e. The number of methoxy groups -OCH3 is 1. The Morgan fingerprint density at radius 1 is 1.57 bits per heavy atom. The van der Waals surface area contributed by atoms with Gasteiger partial charge in [-0.1, -0.05) is 0 Å². The molecule has 2 rings (SSSR count). The molecule has 1 aliphatic heterocycles. The summed E-state index contributed by atoms with van der Waals surface area (Å²) >= 11 is 0. The van der Waals surface area contributed by atoms with Crippen molar-refractivity contribution in [3.05, 3.63) is 23.8 Å². The van der Waals surface area contributed by atoms with E-state index in [0.29, 0.717) is 17.1 Å². The number of hydrogen-bond donors (Lipinski definition) is 2. The third kappa shape index (κ3) is 1.38. The van der Waals surface area contributed by atoms with Gasteiger partial charge in [0, 0.05) is 5.56 Å². The number of rotatable bonds is 1. The van der Waals surface area contributed by atoms with Crippen molar-refractivity contribution >= 4 is 6.09 Å². The van der Waals surface area contributed by atoms with Crippen LogP contribution in [0.4, 0.5) is 4.79 Å². The number of carbonyl (C=O) groups is 1. The maximum atomic E-state index is 10.9. The molecule has 5 heteroatoms. The number of carbonyl (C=O) groups excluding carboxylic acids is 1. The summed E-state index contributed by atoms with van der Waals surface area (Å²) in [6.07, 6.45) is -1.70. The van der Waals surface area contributed by atoms with Crippen molar-refractivity contribution in [3.63, 3.8) is 0 Å². The quantitative estimate of drug-likeness (QED) is 0.695. The molecule has 1 heterocycles. The fraction of sp³-hybridized carbons (Fsp3) is 0.222. The molecule has 0 saturated heterocycles. The van der Waals surface area contributed by atoms with Crippen LogP contribution in [0, 0.1) is 0 Å². The van der Waals surface area contributed by atoms with E-state index in [4.69, 9.17) is 9.47 Å². The monoisotopic (exact) mass is 195 g/mol. The molecular weight excluding hydrogens is 186 g/mol. The standard InChI is InChI=1S/C9H9NO4/c1-13-5-2-3-7-6(4-5)8(11)10-9(12)14-7/h2-4,8,11H,1H3,(H,10,12). The van der Waals surface area contributed by atoms with Crippen LogP contribution >= 0.6 is 0 Å². The number of nitrogens with one attached hydrogen (secondary N) is 1. The van der Waals surface area contributed by atoms with Crippen molar-refractivity contribution < 1.29 is 19.4 Å². The fourth-order valence-electron chi connectivity index (χ4n) is 1.28. The first-order chi connectivity index (χ1) is 6.70. The van der Waals surface area contributed by atoms with Crippen LogP contribution in [-0.2, 0) is 0 Å². The van der Waals surface area contributed by atoms with Gasteiger partial charge in [-0.3, -0.25) is 5.32 Å². The summed E-state index contributed by atoms with van der Waals surface area (Å²) in [7, 11) is 1.52. The predicted octanol–water partition coefficient (Wildman–Crippen LogP) is 0.788.